The van der Waals surface area contributed by atoms with E-state index in [1.54, 1.807) is 30.3 Å². The average molecular weight is 423 g/mol. The molecular formula is C20H20Cl2N2O4. The molecule has 1 aliphatic heterocycles. The number of ether oxygens (including phenoxy) is 1. The highest BCUT2D eigenvalue weighted by molar-refractivity contribution is 6.42. The second kappa shape index (κ2) is 8.82. The highest BCUT2D eigenvalue weighted by atomic mass is 35.5. The Morgan fingerprint density at radius 1 is 1.18 bits per heavy atom. The van der Waals surface area contributed by atoms with Gasteiger partial charge in [0.1, 0.15) is 0 Å². The van der Waals surface area contributed by atoms with Crippen molar-refractivity contribution in [3.63, 3.8) is 0 Å². The summed E-state index contributed by atoms with van der Waals surface area (Å²) < 4.78 is 5.34. The molecule has 1 saturated heterocycles. The maximum Gasteiger partial charge on any atom is 0.337 e. The van der Waals surface area contributed by atoms with E-state index in [1.165, 1.54) is 17.9 Å². The Morgan fingerprint density at radius 3 is 2.54 bits per heavy atom. The molecule has 0 aromatic heterocycles. The number of carboxylic acid groups (broad SMARTS) is 1. The lowest BCUT2D eigenvalue weighted by Gasteiger charge is -2.31. The van der Waals surface area contributed by atoms with E-state index in [1.807, 2.05) is 4.90 Å². The molecule has 1 heterocycles. The number of carbonyl (C=O) groups is 2. The van der Waals surface area contributed by atoms with Crippen molar-refractivity contribution in [3.05, 3.63) is 57.6 Å². The Kier molecular flexibility index (Phi) is 6.44. The Labute approximate surface area is 173 Å². The normalized spacial score (nSPS) is 14.0. The van der Waals surface area contributed by atoms with Gasteiger partial charge < -0.3 is 19.6 Å². The van der Waals surface area contributed by atoms with Crippen LogP contribution in [0.1, 0.15) is 22.8 Å². The first-order chi connectivity index (χ1) is 13.4. The number of carbonyl (C=O) groups excluding carboxylic acids is 1. The lowest BCUT2D eigenvalue weighted by molar-refractivity contribution is -0.116. The van der Waals surface area contributed by atoms with E-state index in [0.29, 0.717) is 53.3 Å². The largest absolute Gasteiger partial charge is 0.478 e. The molecule has 1 fully saturated rings. The number of amides is 1. The van der Waals surface area contributed by atoms with Crippen molar-refractivity contribution in [2.24, 2.45) is 0 Å². The van der Waals surface area contributed by atoms with E-state index in [4.69, 9.17) is 27.9 Å². The van der Waals surface area contributed by atoms with E-state index in [-0.39, 0.29) is 18.0 Å². The summed E-state index contributed by atoms with van der Waals surface area (Å²) in [6.45, 7) is 3.95. The minimum absolute atomic E-state index is 0.142. The lowest BCUT2D eigenvalue weighted by atomic mass is 10.1. The van der Waals surface area contributed by atoms with Gasteiger partial charge in [-0.3, -0.25) is 4.79 Å². The van der Waals surface area contributed by atoms with Crippen LogP contribution in [0.4, 0.5) is 11.4 Å². The minimum Gasteiger partial charge on any atom is -0.478 e. The van der Waals surface area contributed by atoms with Crippen LogP contribution in [0.3, 0.4) is 0 Å². The number of aromatic carboxylic acids is 1. The van der Waals surface area contributed by atoms with Gasteiger partial charge >= 0.3 is 5.97 Å². The lowest BCUT2D eigenvalue weighted by Crippen LogP contribution is -2.37. The molecule has 1 N–H and O–H groups in total. The van der Waals surface area contributed by atoms with Crippen molar-refractivity contribution >= 4 is 46.5 Å². The Balaban J connectivity index is 1.97. The van der Waals surface area contributed by atoms with Gasteiger partial charge in [-0.25, -0.2) is 4.79 Å². The molecule has 28 heavy (non-hydrogen) atoms. The minimum atomic E-state index is -1.05. The predicted molar refractivity (Wildman–Crippen MR) is 110 cm³/mol. The Hall–Kier alpha value is -2.28. The van der Waals surface area contributed by atoms with E-state index in [9.17, 15) is 14.7 Å². The number of nitrogens with zero attached hydrogens (tertiary/aromatic N) is 2. The molecule has 0 aliphatic carbocycles. The maximum absolute atomic E-state index is 12.3. The monoisotopic (exact) mass is 422 g/mol. The van der Waals surface area contributed by atoms with Gasteiger partial charge in [-0.2, -0.15) is 0 Å². The van der Waals surface area contributed by atoms with Crippen molar-refractivity contribution in [2.45, 2.75) is 13.5 Å². The molecule has 0 atom stereocenters. The number of hydrogen-bond donors (Lipinski definition) is 1. The third-order valence-electron chi connectivity index (χ3n) is 4.61. The summed E-state index contributed by atoms with van der Waals surface area (Å²) in [6, 6.07) is 10.2. The second-order valence-electron chi connectivity index (χ2n) is 6.42. The van der Waals surface area contributed by atoms with Crippen LogP contribution in [0.25, 0.3) is 0 Å². The van der Waals surface area contributed by atoms with Crippen molar-refractivity contribution < 1.29 is 19.4 Å². The first kappa shape index (κ1) is 20.5. The topological polar surface area (TPSA) is 70.1 Å². The molecule has 0 unspecified atom stereocenters. The zero-order valence-electron chi connectivity index (χ0n) is 15.3. The van der Waals surface area contributed by atoms with E-state index < -0.39 is 5.97 Å². The van der Waals surface area contributed by atoms with Crippen LogP contribution >= 0.6 is 23.2 Å². The molecule has 0 bridgehead atoms. The van der Waals surface area contributed by atoms with Crippen LogP contribution in [0.15, 0.2) is 36.4 Å². The van der Waals surface area contributed by atoms with Crippen molar-refractivity contribution in [1.82, 2.24) is 0 Å². The Morgan fingerprint density at radius 2 is 1.89 bits per heavy atom. The predicted octanol–water partition coefficient (Wildman–Crippen LogP) is 4.08. The molecule has 3 rings (SSSR count). The standard InChI is InChI=1S/C20H20Cl2N2O4/c1-13(25)24(12-14-3-2-4-17(21)19(14)22)15-5-6-18(16(11-15)20(26)27)23-7-9-28-10-8-23/h2-6,11H,7-10,12H2,1H3,(H,26,27). The number of anilines is 2. The van der Waals surface area contributed by atoms with E-state index in [0.717, 1.165) is 0 Å². The second-order valence-corrected chi connectivity index (χ2v) is 7.21. The summed E-state index contributed by atoms with van der Waals surface area (Å²) in [5, 5.41) is 10.5. The first-order valence-corrected chi connectivity index (χ1v) is 9.55. The summed E-state index contributed by atoms with van der Waals surface area (Å²) in [7, 11) is 0. The molecule has 0 spiro atoms. The highest BCUT2D eigenvalue weighted by Crippen LogP contribution is 2.31. The van der Waals surface area contributed by atoms with E-state index in [2.05, 4.69) is 0 Å². The Bertz CT molecular complexity index is 898. The molecule has 0 saturated carbocycles. The zero-order valence-corrected chi connectivity index (χ0v) is 16.8. The van der Waals surface area contributed by atoms with Gasteiger partial charge in [0.15, 0.2) is 0 Å². The number of halogens is 2. The van der Waals surface area contributed by atoms with Crippen LogP contribution in [0, 0.1) is 0 Å². The molecule has 8 heteroatoms. The molecule has 1 aliphatic rings. The fourth-order valence-electron chi connectivity index (χ4n) is 3.17. The molecular weight excluding hydrogens is 403 g/mol. The smallest absolute Gasteiger partial charge is 0.337 e. The van der Waals surface area contributed by atoms with Crippen LogP contribution < -0.4 is 9.80 Å². The molecule has 6 nitrogen and oxygen atoms in total. The van der Waals surface area contributed by atoms with Crippen molar-refractivity contribution in [3.8, 4) is 0 Å². The average Bonchev–Trinajstić information content (AvgIpc) is 2.69. The van der Waals surface area contributed by atoms with Gasteiger partial charge in [0, 0.05) is 25.7 Å². The molecule has 148 valence electrons. The van der Waals surface area contributed by atoms with Gasteiger partial charge in [0.05, 0.1) is 41.1 Å². The summed E-state index contributed by atoms with van der Waals surface area (Å²) >= 11 is 12.3. The van der Waals surface area contributed by atoms with Crippen LogP contribution in [0.5, 0.6) is 0 Å². The molecule has 2 aromatic carbocycles. The maximum atomic E-state index is 12.3. The van der Waals surface area contributed by atoms with E-state index >= 15 is 0 Å². The highest BCUT2D eigenvalue weighted by Gasteiger charge is 2.22. The molecule has 2 aromatic rings. The number of carboxylic acids is 1. The first-order valence-electron chi connectivity index (χ1n) is 8.79. The third-order valence-corrected chi connectivity index (χ3v) is 5.47. The summed E-state index contributed by atoms with van der Waals surface area (Å²) in [5.41, 5.74) is 1.92. The number of morpholine rings is 1. The SMILES string of the molecule is CC(=O)N(Cc1cccc(Cl)c1Cl)c1ccc(N2CCOCC2)c(C(=O)O)c1. The van der Waals surface area contributed by atoms with Gasteiger partial charge in [-0.1, -0.05) is 35.3 Å². The summed E-state index contributed by atoms with van der Waals surface area (Å²) in [6.07, 6.45) is 0. The van der Waals surface area contributed by atoms with Crippen LogP contribution in [-0.2, 0) is 16.1 Å². The zero-order chi connectivity index (χ0) is 20.3. The van der Waals surface area contributed by atoms with Crippen molar-refractivity contribution in [2.75, 3.05) is 36.1 Å². The molecule has 0 radical (unpaired) electrons. The number of hydrogen-bond acceptors (Lipinski definition) is 4. The molecule has 1 amide bonds. The quantitative estimate of drug-likeness (QED) is 0.785. The summed E-state index contributed by atoms with van der Waals surface area (Å²) in [4.78, 5) is 27.6. The van der Waals surface area contributed by atoms with Gasteiger partial charge in [0.25, 0.3) is 0 Å². The fraction of sp³-hybridized carbons (Fsp3) is 0.300. The fourth-order valence-corrected chi connectivity index (χ4v) is 3.55. The number of rotatable bonds is 5. The van der Waals surface area contributed by atoms with Crippen LogP contribution in [0.2, 0.25) is 10.0 Å². The number of benzene rings is 2. The van der Waals surface area contributed by atoms with Gasteiger partial charge in [-0.15, -0.1) is 0 Å². The van der Waals surface area contributed by atoms with Crippen molar-refractivity contribution in [1.29, 1.82) is 0 Å². The third kappa shape index (κ3) is 4.41. The van der Waals surface area contributed by atoms with Crippen LogP contribution in [-0.4, -0.2) is 43.3 Å². The van der Waals surface area contributed by atoms with Gasteiger partial charge in [0.2, 0.25) is 5.91 Å². The van der Waals surface area contributed by atoms with Gasteiger partial charge in [-0.05, 0) is 29.8 Å². The summed E-state index contributed by atoms with van der Waals surface area (Å²) in [5.74, 6) is -1.28.